The van der Waals surface area contributed by atoms with Crippen molar-refractivity contribution in [2.75, 3.05) is 26.3 Å². The molecule has 0 radical (unpaired) electrons. The second-order valence-corrected chi connectivity index (χ2v) is 9.27. The van der Waals surface area contributed by atoms with E-state index in [0.29, 0.717) is 6.61 Å². The molecule has 2 heterocycles. The van der Waals surface area contributed by atoms with Crippen molar-refractivity contribution in [1.82, 2.24) is 14.8 Å². The van der Waals surface area contributed by atoms with Crippen molar-refractivity contribution in [3.63, 3.8) is 0 Å². The smallest absolute Gasteiger partial charge is 0.0776 e. The van der Waals surface area contributed by atoms with E-state index in [4.69, 9.17) is 10.5 Å². The first kappa shape index (κ1) is 23.9. The van der Waals surface area contributed by atoms with Crippen LogP contribution in [0.5, 0.6) is 0 Å². The van der Waals surface area contributed by atoms with E-state index in [-0.39, 0.29) is 6.04 Å². The van der Waals surface area contributed by atoms with Gasteiger partial charge in [-0.1, -0.05) is 49.0 Å². The van der Waals surface area contributed by atoms with Gasteiger partial charge in [0, 0.05) is 62.1 Å². The van der Waals surface area contributed by atoms with Crippen molar-refractivity contribution in [2.24, 2.45) is 17.8 Å². The standard InChI is InChI=1S/C30H33N5O/c1-22-16-26(33-19-27-21-36-15-14-35(27)20-23-6-4-3-5-7-23)18-28(30(22)32-12-11-31)25-9-8-24-10-13-34(2)29(24)17-25/h3-13,16-18,27,33H,1,14-15,19-21,31H2,2H3/b12-11-,32-30?. The van der Waals surface area contributed by atoms with Crippen LogP contribution in [0.2, 0.25) is 0 Å². The summed E-state index contributed by atoms with van der Waals surface area (Å²) in [5.41, 5.74) is 12.9. The highest BCUT2D eigenvalue weighted by Crippen LogP contribution is 2.29. The lowest BCUT2D eigenvalue weighted by Gasteiger charge is -2.36. The lowest BCUT2D eigenvalue weighted by atomic mass is 9.90. The summed E-state index contributed by atoms with van der Waals surface area (Å²) in [5, 5.41) is 4.87. The van der Waals surface area contributed by atoms with Gasteiger partial charge in [0.1, 0.15) is 0 Å². The molecule has 1 atom stereocenters. The Morgan fingerprint density at radius 2 is 2.03 bits per heavy atom. The van der Waals surface area contributed by atoms with Gasteiger partial charge in [-0.2, -0.15) is 0 Å². The number of aliphatic imine (C=N–C) groups is 1. The van der Waals surface area contributed by atoms with E-state index >= 15 is 0 Å². The number of nitrogens with two attached hydrogens (primary N) is 1. The normalized spacial score (nSPS) is 20.2. The molecule has 184 valence electrons. The van der Waals surface area contributed by atoms with Gasteiger partial charge in [0.15, 0.2) is 0 Å². The molecule has 0 saturated carbocycles. The Morgan fingerprint density at radius 3 is 2.86 bits per heavy atom. The molecule has 2 aromatic carbocycles. The molecule has 0 bridgehead atoms. The fourth-order valence-electron chi connectivity index (χ4n) is 4.86. The van der Waals surface area contributed by atoms with E-state index in [0.717, 1.165) is 54.4 Å². The number of ether oxygens (including phenoxy) is 1. The van der Waals surface area contributed by atoms with E-state index in [2.05, 4.69) is 106 Å². The third-order valence-corrected chi connectivity index (χ3v) is 6.80. The van der Waals surface area contributed by atoms with Crippen LogP contribution in [-0.4, -0.2) is 47.5 Å². The third-order valence-electron chi connectivity index (χ3n) is 6.80. The van der Waals surface area contributed by atoms with Crippen molar-refractivity contribution in [3.8, 4) is 0 Å². The number of nitrogens with zero attached hydrogens (tertiary/aromatic N) is 3. The molecule has 1 aliphatic heterocycles. The Labute approximate surface area is 212 Å². The molecule has 1 saturated heterocycles. The van der Waals surface area contributed by atoms with Crippen LogP contribution in [0.3, 0.4) is 0 Å². The maximum atomic E-state index is 5.83. The first-order valence-corrected chi connectivity index (χ1v) is 12.3. The van der Waals surface area contributed by atoms with Crippen molar-refractivity contribution < 1.29 is 4.74 Å². The monoisotopic (exact) mass is 479 g/mol. The first-order chi connectivity index (χ1) is 17.6. The summed E-state index contributed by atoms with van der Waals surface area (Å²) in [4.78, 5) is 7.11. The maximum Gasteiger partial charge on any atom is 0.0776 e. The average molecular weight is 480 g/mol. The predicted octanol–water partition coefficient (Wildman–Crippen LogP) is 4.38. The number of nitrogens with one attached hydrogen (secondary N) is 1. The number of hydrogen-bond acceptors (Lipinski definition) is 5. The summed E-state index contributed by atoms with van der Waals surface area (Å²) in [7, 11) is 2.06. The first-order valence-electron chi connectivity index (χ1n) is 12.3. The van der Waals surface area contributed by atoms with Gasteiger partial charge in [0.2, 0.25) is 0 Å². The van der Waals surface area contributed by atoms with Crippen LogP contribution >= 0.6 is 0 Å². The molecular formula is C30H33N5O. The minimum atomic E-state index is 0.278. The zero-order chi connectivity index (χ0) is 24.9. The number of morpholine rings is 1. The average Bonchev–Trinajstić information content (AvgIpc) is 3.28. The highest BCUT2D eigenvalue weighted by Gasteiger charge is 2.24. The lowest BCUT2D eigenvalue weighted by Crippen LogP contribution is -2.49. The molecule has 0 spiro atoms. The Balaban J connectivity index is 1.39. The Morgan fingerprint density at radius 1 is 1.17 bits per heavy atom. The highest BCUT2D eigenvalue weighted by atomic mass is 16.5. The molecule has 1 aromatic heterocycles. The second kappa shape index (κ2) is 10.8. The number of aromatic nitrogens is 1. The van der Waals surface area contributed by atoms with Crippen LogP contribution in [0.4, 0.5) is 0 Å². The predicted molar refractivity (Wildman–Crippen MR) is 148 cm³/mol. The minimum absolute atomic E-state index is 0.278. The van der Waals surface area contributed by atoms with Gasteiger partial charge in [-0.15, -0.1) is 0 Å². The Kier molecular flexibility index (Phi) is 7.16. The number of hydrogen-bond donors (Lipinski definition) is 2. The zero-order valence-electron chi connectivity index (χ0n) is 20.7. The third kappa shape index (κ3) is 5.20. The van der Waals surface area contributed by atoms with Gasteiger partial charge in [0.05, 0.1) is 25.0 Å². The van der Waals surface area contributed by atoms with Gasteiger partial charge in [0.25, 0.3) is 0 Å². The summed E-state index contributed by atoms with van der Waals surface area (Å²) >= 11 is 0. The molecule has 3 aromatic rings. The quantitative estimate of drug-likeness (QED) is 0.528. The van der Waals surface area contributed by atoms with E-state index in [1.807, 2.05) is 0 Å². The molecule has 2 aliphatic rings. The van der Waals surface area contributed by atoms with Gasteiger partial charge >= 0.3 is 0 Å². The SMILES string of the molecule is C=C1C=C(NCC2COCCN2Cc2ccccc2)C=C(c2ccc3ccn(C)c3c2)C1=N/C=C\N. The van der Waals surface area contributed by atoms with Crippen molar-refractivity contribution in [3.05, 3.63) is 114 Å². The second-order valence-electron chi connectivity index (χ2n) is 9.27. The fraction of sp³-hybridized carbons (Fsp3) is 0.233. The topological polar surface area (TPSA) is 67.8 Å². The van der Waals surface area contributed by atoms with Gasteiger partial charge in [-0.3, -0.25) is 9.89 Å². The maximum absolute atomic E-state index is 5.83. The largest absolute Gasteiger partial charge is 0.403 e. The van der Waals surface area contributed by atoms with Crippen molar-refractivity contribution in [2.45, 2.75) is 12.6 Å². The highest BCUT2D eigenvalue weighted by molar-refractivity contribution is 6.34. The molecule has 1 aliphatic carbocycles. The summed E-state index contributed by atoms with van der Waals surface area (Å²) in [5.74, 6) is 0. The minimum Gasteiger partial charge on any atom is -0.403 e. The summed E-state index contributed by atoms with van der Waals surface area (Å²) in [6.45, 7) is 8.41. The molecule has 1 fully saturated rings. The number of rotatable bonds is 7. The Hall–Kier alpha value is -3.87. The number of benzene rings is 2. The summed E-state index contributed by atoms with van der Waals surface area (Å²) in [6, 6.07) is 19.5. The van der Waals surface area contributed by atoms with Crippen LogP contribution < -0.4 is 11.1 Å². The number of fused-ring (bicyclic) bond motifs is 1. The molecule has 0 amide bonds. The molecule has 1 unspecified atom stereocenters. The van der Waals surface area contributed by atoms with Crippen LogP contribution in [0.25, 0.3) is 16.5 Å². The fourth-order valence-corrected chi connectivity index (χ4v) is 4.86. The number of aryl methyl sites for hydroxylation is 1. The zero-order valence-corrected chi connectivity index (χ0v) is 20.7. The molecule has 5 rings (SSSR count). The molecule has 36 heavy (non-hydrogen) atoms. The van der Waals surface area contributed by atoms with Gasteiger partial charge in [-0.25, -0.2) is 0 Å². The van der Waals surface area contributed by atoms with E-state index in [9.17, 15) is 0 Å². The van der Waals surface area contributed by atoms with Crippen molar-refractivity contribution >= 4 is 22.2 Å². The van der Waals surface area contributed by atoms with E-state index in [1.165, 1.54) is 22.7 Å². The van der Waals surface area contributed by atoms with Crippen LogP contribution in [0, 0.1) is 0 Å². The van der Waals surface area contributed by atoms with E-state index in [1.54, 1.807) is 6.20 Å². The van der Waals surface area contributed by atoms with Crippen LogP contribution in [0.1, 0.15) is 11.1 Å². The van der Waals surface area contributed by atoms with E-state index < -0.39 is 0 Å². The Bertz CT molecular complexity index is 1360. The molecule has 6 heteroatoms. The van der Waals surface area contributed by atoms with Crippen LogP contribution in [-0.2, 0) is 18.3 Å². The van der Waals surface area contributed by atoms with Gasteiger partial charge in [-0.05, 0) is 46.4 Å². The van der Waals surface area contributed by atoms with Crippen LogP contribution in [0.15, 0.2) is 108 Å². The molecule has 6 nitrogen and oxygen atoms in total. The summed E-state index contributed by atoms with van der Waals surface area (Å²) < 4.78 is 7.96. The lowest BCUT2D eigenvalue weighted by molar-refractivity contribution is -0.0100. The summed E-state index contributed by atoms with van der Waals surface area (Å²) in [6.07, 6.45) is 9.35. The van der Waals surface area contributed by atoms with Crippen molar-refractivity contribution in [1.29, 1.82) is 0 Å². The number of allylic oxidation sites excluding steroid dienone is 4. The van der Waals surface area contributed by atoms with Gasteiger partial charge < -0.3 is 20.4 Å². The molecule has 3 N–H and O–H groups in total. The molecular weight excluding hydrogens is 446 g/mol.